The highest BCUT2D eigenvalue weighted by Crippen LogP contribution is 2.15. The molecule has 0 spiro atoms. The van der Waals surface area contributed by atoms with E-state index in [1.165, 1.54) is 0 Å². The maximum Gasteiger partial charge on any atom is 0.255 e. The van der Waals surface area contributed by atoms with Gasteiger partial charge in [-0.2, -0.15) is 0 Å². The van der Waals surface area contributed by atoms with Gasteiger partial charge in [0.25, 0.3) is 5.91 Å². The lowest BCUT2D eigenvalue weighted by Crippen LogP contribution is -2.46. The van der Waals surface area contributed by atoms with E-state index in [4.69, 9.17) is 0 Å². The molecule has 0 unspecified atom stereocenters. The third-order valence-electron chi connectivity index (χ3n) is 4.10. The van der Waals surface area contributed by atoms with E-state index in [1.807, 2.05) is 31.1 Å². The maximum atomic E-state index is 12.3. The van der Waals surface area contributed by atoms with Crippen molar-refractivity contribution in [1.82, 2.24) is 5.32 Å². The number of aliphatic hydroxyl groups excluding tert-OH is 1. The Labute approximate surface area is 160 Å². The van der Waals surface area contributed by atoms with Gasteiger partial charge in [-0.05, 0) is 55.8 Å². The van der Waals surface area contributed by atoms with Crippen LogP contribution in [0.2, 0.25) is 0 Å². The molecule has 0 heterocycles. The minimum atomic E-state index is -0.646. The average Bonchev–Trinajstić information content (AvgIpc) is 2.63. The first kappa shape index (κ1) is 20.5. The highest BCUT2D eigenvalue weighted by atomic mass is 16.3. The first-order chi connectivity index (χ1) is 12.7. The van der Waals surface area contributed by atoms with Gasteiger partial charge in [0.05, 0.1) is 18.6 Å². The van der Waals surface area contributed by atoms with E-state index in [1.54, 1.807) is 50.2 Å². The van der Waals surface area contributed by atoms with Gasteiger partial charge in [-0.25, -0.2) is 0 Å². The van der Waals surface area contributed by atoms with Crippen LogP contribution in [-0.4, -0.2) is 43.2 Å². The van der Waals surface area contributed by atoms with Crippen molar-refractivity contribution in [2.45, 2.75) is 25.8 Å². The molecule has 0 aliphatic rings. The molecule has 0 atom stereocenters. The number of anilines is 2. The topological polar surface area (TPSA) is 81.7 Å². The van der Waals surface area contributed by atoms with Crippen molar-refractivity contribution in [3.63, 3.8) is 0 Å². The normalized spacial score (nSPS) is 11.0. The maximum absolute atomic E-state index is 12.3. The van der Waals surface area contributed by atoms with Crippen molar-refractivity contribution in [1.29, 1.82) is 0 Å². The van der Waals surface area contributed by atoms with Crippen molar-refractivity contribution in [3.05, 3.63) is 59.7 Å². The number of benzene rings is 2. The van der Waals surface area contributed by atoms with Gasteiger partial charge in [0.2, 0.25) is 5.91 Å². The summed E-state index contributed by atoms with van der Waals surface area (Å²) in [5.41, 5.74) is 2.45. The SMILES string of the molecule is CN(C)c1ccc(C(=O)Nc2ccc(CC(=O)NC(C)(C)CO)cc2)cc1. The molecular weight excluding hydrogens is 342 g/mol. The number of aliphatic hydroxyl groups is 1. The molecule has 6 heteroatoms. The van der Waals surface area contributed by atoms with Crippen LogP contribution in [0.25, 0.3) is 0 Å². The lowest BCUT2D eigenvalue weighted by Gasteiger charge is -2.23. The standard InChI is InChI=1S/C21H27N3O3/c1-21(2,14-25)23-19(26)13-15-5-9-17(10-6-15)22-20(27)16-7-11-18(12-8-16)24(3)4/h5-12,25H,13-14H2,1-4H3,(H,22,27)(H,23,26). The first-order valence-corrected chi connectivity index (χ1v) is 8.80. The van der Waals surface area contributed by atoms with Gasteiger partial charge < -0.3 is 20.6 Å². The molecule has 0 radical (unpaired) electrons. The van der Waals surface area contributed by atoms with Gasteiger partial charge in [0, 0.05) is 31.0 Å². The Morgan fingerprint density at radius 2 is 1.59 bits per heavy atom. The Hall–Kier alpha value is -2.86. The Balaban J connectivity index is 1.95. The van der Waals surface area contributed by atoms with Gasteiger partial charge in [-0.15, -0.1) is 0 Å². The molecule has 0 saturated carbocycles. The van der Waals surface area contributed by atoms with Crippen molar-refractivity contribution < 1.29 is 14.7 Å². The second-order valence-corrected chi connectivity index (χ2v) is 7.36. The van der Waals surface area contributed by atoms with Crippen LogP contribution in [-0.2, 0) is 11.2 Å². The number of hydrogen-bond donors (Lipinski definition) is 3. The Morgan fingerprint density at radius 3 is 2.11 bits per heavy atom. The van der Waals surface area contributed by atoms with E-state index in [-0.39, 0.29) is 24.8 Å². The highest BCUT2D eigenvalue weighted by Gasteiger charge is 2.19. The summed E-state index contributed by atoms with van der Waals surface area (Å²) in [5.74, 6) is -0.345. The van der Waals surface area contributed by atoms with E-state index in [0.29, 0.717) is 11.3 Å². The second kappa shape index (κ2) is 8.68. The monoisotopic (exact) mass is 369 g/mol. The summed E-state index contributed by atoms with van der Waals surface area (Å²) in [6, 6.07) is 14.5. The third-order valence-corrected chi connectivity index (χ3v) is 4.10. The van der Waals surface area contributed by atoms with E-state index in [0.717, 1.165) is 11.3 Å². The number of hydrogen-bond acceptors (Lipinski definition) is 4. The lowest BCUT2D eigenvalue weighted by molar-refractivity contribution is -0.122. The molecule has 144 valence electrons. The third kappa shape index (κ3) is 6.11. The fourth-order valence-electron chi connectivity index (χ4n) is 2.47. The number of rotatable bonds is 7. The summed E-state index contributed by atoms with van der Waals surface area (Å²) >= 11 is 0. The molecule has 6 nitrogen and oxygen atoms in total. The molecule has 0 aliphatic carbocycles. The van der Waals surface area contributed by atoms with Crippen LogP contribution < -0.4 is 15.5 Å². The lowest BCUT2D eigenvalue weighted by atomic mass is 10.1. The molecule has 27 heavy (non-hydrogen) atoms. The Kier molecular flexibility index (Phi) is 6.58. The zero-order valence-corrected chi connectivity index (χ0v) is 16.2. The van der Waals surface area contributed by atoms with Crippen molar-refractivity contribution in [2.75, 3.05) is 30.9 Å². The quantitative estimate of drug-likeness (QED) is 0.700. The minimum Gasteiger partial charge on any atom is -0.394 e. The van der Waals surface area contributed by atoms with Gasteiger partial charge in [-0.3, -0.25) is 9.59 Å². The molecule has 2 rings (SSSR count). The number of nitrogens with zero attached hydrogens (tertiary/aromatic N) is 1. The molecule has 0 aliphatic heterocycles. The fourth-order valence-corrected chi connectivity index (χ4v) is 2.47. The van der Waals surface area contributed by atoms with Crippen molar-refractivity contribution in [2.24, 2.45) is 0 Å². The number of carbonyl (C=O) groups excluding carboxylic acids is 2. The predicted octanol–water partition coefficient (Wildman–Crippen LogP) is 2.43. The minimum absolute atomic E-state index is 0.126. The molecule has 0 aromatic heterocycles. The number of amides is 2. The predicted molar refractivity (Wildman–Crippen MR) is 108 cm³/mol. The summed E-state index contributed by atoms with van der Waals surface area (Å²) < 4.78 is 0. The average molecular weight is 369 g/mol. The zero-order chi connectivity index (χ0) is 20.0. The second-order valence-electron chi connectivity index (χ2n) is 7.36. The largest absolute Gasteiger partial charge is 0.394 e. The van der Waals surface area contributed by atoms with Crippen LogP contribution in [0.4, 0.5) is 11.4 Å². The van der Waals surface area contributed by atoms with Crippen LogP contribution in [0.15, 0.2) is 48.5 Å². The van der Waals surface area contributed by atoms with Gasteiger partial charge >= 0.3 is 0 Å². The van der Waals surface area contributed by atoms with Gasteiger partial charge in [-0.1, -0.05) is 12.1 Å². The first-order valence-electron chi connectivity index (χ1n) is 8.80. The number of nitrogens with one attached hydrogen (secondary N) is 2. The fraction of sp³-hybridized carbons (Fsp3) is 0.333. The van der Waals surface area contributed by atoms with Crippen LogP contribution in [0.3, 0.4) is 0 Å². The zero-order valence-electron chi connectivity index (χ0n) is 16.2. The molecule has 0 saturated heterocycles. The smallest absolute Gasteiger partial charge is 0.255 e. The highest BCUT2D eigenvalue weighted by molar-refractivity contribution is 6.04. The van der Waals surface area contributed by atoms with Crippen molar-refractivity contribution in [3.8, 4) is 0 Å². The summed E-state index contributed by atoms with van der Waals surface area (Å²) in [7, 11) is 3.89. The number of carbonyl (C=O) groups is 2. The van der Waals surface area contributed by atoms with Gasteiger partial charge in [0.15, 0.2) is 0 Å². The van der Waals surface area contributed by atoms with Crippen molar-refractivity contribution >= 4 is 23.2 Å². The van der Waals surface area contributed by atoms with E-state index in [2.05, 4.69) is 10.6 Å². The summed E-state index contributed by atoms with van der Waals surface area (Å²) in [4.78, 5) is 26.3. The summed E-state index contributed by atoms with van der Waals surface area (Å²) in [6.07, 6.45) is 0.212. The van der Waals surface area contributed by atoms with Crippen LogP contribution >= 0.6 is 0 Å². The van der Waals surface area contributed by atoms with E-state index in [9.17, 15) is 14.7 Å². The summed E-state index contributed by atoms with van der Waals surface area (Å²) in [5, 5.41) is 14.8. The molecular formula is C21H27N3O3. The Bertz CT molecular complexity index is 781. The molecule has 0 fully saturated rings. The molecule has 0 bridgehead atoms. The van der Waals surface area contributed by atoms with Crippen LogP contribution in [0.5, 0.6) is 0 Å². The van der Waals surface area contributed by atoms with Crippen LogP contribution in [0.1, 0.15) is 29.8 Å². The van der Waals surface area contributed by atoms with E-state index >= 15 is 0 Å². The Morgan fingerprint density at radius 1 is 1.00 bits per heavy atom. The summed E-state index contributed by atoms with van der Waals surface area (Å²) in [6.45, 7) is 3.39. The molecule has 2 aromatic carbocycles. The van der Waals surface area contributed by atoms with Gasteiger partial charge in [0.1, 0.15) is 0 Å². The van der Waals surface area contributed by atoms with Crippen LogP contribution in [0, 0.1) is 0 Å². The molecule has 2 aromatic rings. The molecule has 2 amide bonds. The van der Waals surface area contributed by atoms with E-state index < -0.39 is 5.54 Å². The molecule has 3 N–H and O–H groups in total.